The lowest BCUT2D eigenvalue weighted by molar-refractivity contribution is 0.0662. The van der Waals surface area contributed by atoms with Gasteiger partial charge in [-0.05, 0) is 26.0 Å². The molecule has 0 bridgehead atoms. The van der Waals surface area contributed by atoms with Crippen molar-refractivity contribution >= 4 is 11.7 Å². The van der Waals surface area contributed by atoms with Crippen molar-refractivity contribution in [2.45, 2.75) is 19.9 Å². The number of carbonyl (C=O) groups is 2. The largest absolute Gasteiger partial charge is 0.329 e. The van der Waals surface area contributed by atoms with E-state index in [0.717, 1.165) is 4.90 Å². The Balaban J connectivity index is 2.40. The number of ketones is 1. The van der Waals surface area contributed by atoms with Gasteiger partial charge < -0.3 is 4.90 Å². The second kappa shape index (κ2) is 6.84. The first kappa shape index (κ1) is 12.3. The summed E-state index contributed by atoms with van der Waals surface area (Å²) in [6.45, 7) is 0.955. The molecule has 108 valence electrons. The second-order valence-electron chi connectivity index (χ2n) is 4.94. The molecule has 0 spiro atoms. The predicted octanol–water partition coefficient (Wildman–Crippen LogP) is 3.42. The van der Waals surface area contributed by atoms with Gasteiger partial charge in [0.15, 0.2) is 5.78 Å². The maximum atomic E-state index is 12.7. The van der Waals surface area contributed by atoms with Crippen LogP contribution in [0.5, 0.6) is 0 Å². The van der Waals surface area contributed by atoms with E-state index >= 15 is 0 Å². The van der Waals surface area contributed by atoms with Gasteiger partial charge in [-0.2, -0.15) is 0 Å². The zero-order chi connectivity index (χ0) is 17.0. The van der Waals surface area contributed by atoms with Crippen molar-refractivity contribution in [1.29, 1.82) is 0 Å². The minimum Gasteiger partial charge on any atom is -0.329 e. The van der Waals surface area contributed by atoms with Crippen LogP contribution in [0.4, 0.5) is 0 Å². The summed E-state index contributed by atoms with van der Waals surface area (Å²) in [5, 5.41) is 0. The van der Waals surface area contributed by atoms with Crippen LogP contribution in [0.3, 0.4) is 0 Å². The Morgan fingerprint density at radius 1 is 0.952 bits per heavy atom. The first-order chi connectivity index (χ1) is 10.9. The summed E-state index contributed by atoms with van der Waals surface area (Å²) in [6, 6.07) is 16.1. The van der Waals surface area contributed by atoms with Crippen LogP contribution in [0, 0.1) is 0 Å². The van der Waals surface area contributed by atoms with Gasteiger partial charge in [-0.3, -0.25) is 9.59 Å². The Hall–Kier alpha value is -2.42. The molecule has 1 amide bonds. The maximum absolute atomic E-state index is 12.7. The van der Waals surface area contributed by atoms with Crippen molar-refractivity contribution in [3.05, 3.63) is 71.8 Å². The third-order valence-corrected chi connectivity index (χ3v) is 3.01. The molecule has 0 aromatic heterocycles. The molecule has 0 aliphatic carbocycles. The molecule has 0 radical (unpaired) electrons. The normalized spacial score (nSPS) is 12.5. The Bertz CT molecular complexity index is 685. The molecule has 3 nitrogen and oxygen atoms in total. The van der Waals surface area contributed by atoms with E-state index in [1.165, 1.54) is 0 Å². The van der Waals surface area contributed by atoms with Crippen LogP contribution < -0.4 is 0 Å². The third kappa shape index (κ3) is 3.78. The lowest BCUT2D eigenvalue weighted by atomic mass is 10.1. The number of rotatable bonds is 5. The van der Waals surface area contributed by atoms with Crippen molar-refractivity contribution in [2.75, 3.05) is 6.50 Å². The number of Topliss-reactive ketones (excluding diaryl/α,β-unsaturated/α-hetero) is 1. The highest BCUT2D eigenvalue weighted by Gasteiger charge is 2.21. The fourth-order valence-electron chi connectivity index (χ4n) is 1.90. The molecule has 0 aliphatic rings. The van der Waals surface area contributed by atoms with Crippen LogP contribution in [0.2, 0.25) is 0 Å². The van der Waals surface area contributed by atoms with Crippen molar-refractivity contribution < 1.29 is 12.3 Å². The van der Waals surface area contributed by atoms with E-state index in [1.54, 1.807) is 74.5 Å². The summed E-state index contributed by atoms with van der Waals surface area (Å²) in [6.07, 6.45) is 0. The average molecular weight is 283 g/mol. The molecule has 2 aromatic carbocycles. The quantitative estimate of drug-likeness (QED) is 0.788. The molecule has 0 fully saturated rings. The first-order valence-electron chi connectivity index (χ1n) is 7.84. The predicted molar refractivity (Wildman–Crippen MR) is 83.4 cm³/mol. The van der Waals surface area contributed by atoms with E-state index in [9.17, 15) is 9.59 Å². The van der Waals surface area contributed by atoms with Crippen LogP contribution in [-0.4, -0.2) is 29.1 Å². The Morgan fingerprint density at radius 3 is 1.90 bits per heavy atom. The molecule has 2 aromatic rings. The number of hydrogen-bond acceptors (Lipinski definition) is 2. The zero-order valence-corrected chi connectivity index (χ0v) is 12.1. The van der Waals surface area contributed by atoms with Gasteiger partial charge in [0.2, 0.25) is 0 Å². The number of amides is 1. The van der Waals surface area contributed by atoms with E-state index in [1.807, 2.05) is 0 Å². The summed E-state index contributed by atoms with van der Waals surface area (Å²) >= 11 is 0. The Labute approximate surface area is 128 Å². The molecule has 0 heterocycles. The first-order valence-corrected chi connectivity index (χ1v) is 6.84. The minimum atomic E-state index is -2.43. The molecule has 0 N–H and O–H groups in total. The van der Waals surface area contributed by atoms with Gasteiger partial charge in [0.25, 0.3) is 5.91 Å². The van der Waals surface area contributed by atoms with Crippen LogP contribution in [0.15, 0.2) is 60.7 Å². The zero-order valence-electron chi connectivity index (χ0n) is 14.1. The van der Waals surface area contributed by atoms with E-state index in [-0.39, 0.29) is 5.56 Å². The fraction of sp³-hybridized carbons (Fsp3) is 0.222. The molecule has 0 saturated carbocycles. The van der Waals surface area contributed by atoms with Gasteiger partial charge in [0, 0.05) is 17.2 Å². The summed E-state index contributed by atoms with van der Waals surface area (Å²) in [7, 11) is 0. The van der Waals surface area contributed by atoms with Crippen molar-refractivity contribution in [1.82, 2.24) is 4.90 Å². The highest BCUT2D eigenvalue weighted by molar-refractivity contribution is 6.02. The van der Waals surface area contributed by atoms with Gasteiger partial charge in [0.1, 0.15) is 0 Å². The van der Waals surface area contributed by atoms with E-state index in [0.29, 0.717) is 5.56 Å². The van der Waals surface area contributed by atoms with E-state index < -0.39 is 24.2 Å². The smallest absolute Gasteiger partial charge is 0.254 e. The standard InChI is InChI=1S/C18H19NO2/c1-14(2)19(18(21)16-11-7-4-8-12-16)13-17(20)15-9-5-3-6-10-15/h3-12,14H,13H2,1-2H3/i13D2. The Morgan fingerprint density at radius 2 is 1.43 bits per heavy atom. The SMILES string of the molecule is [2H]C([2H])(C(=O)c1ccccc1)N(C(=O)c1ccccc1)C(C)C. The minimum absolute atomic E-state index is 0.240. The summed E-state index contributed by atoms with van der Waals surface area (Å²) in [5.74, 6) is -1.23. The highest BCUT2D eigenvalue weighted by Crippen LogP contribution is 2.10. The number of hydrogen-bond donors (Lipinski definition) is 0. The van der Waals surface area contributed by atoms with Crippen LogP contribution in [-0.2, 0) is 0 Å². The molecular formula is C18H19NO2. The summed E-state index contributed by atoms with van der Waals surface area (Å²) in [5.41, 5.74) is 0.593. The molecule has 21 heavy (non-hydrogen) atoms. The van der Waals surface area contributed by atoms with E-state index in [4.69, 9.17) is 2.74 Å². The van der Waals surface area contributed by atoms with Gasteiger partial charge in [-0.15, -0.1) is 0 Å². The highest BCUT2D eigenvalue weighted by atomic mass is 16.2. The summed E-state index contributed by atoms with van der Waals surface area (Å²) in [4.78, 5) is 26.3. The van der Waals surface area contributed by atoms with Crippen LogP contribution in [0.1, 0.15) is 37.3 Å². The second-order valence-corrected chi connectivity index (χ2v) is 4.94. The average Bonchev–Trinajstić information content (AvgIpc) is 2.55. The lowest BCUT2D eigenvalue weighted by Crippen LogP contribution is -2.40. The van der Waals surface area contributed by atoms with Gasteiger partial charge in [-0.1, -0.05) is 48.5 Å². The molecule has 0 atom stereocenters. The number of nitrogens with zero attached hydrogens (tertiary/aromatic N) is 1. The van der Waals surface area contributed by atoms with Gasteiger partial charge in [0.05, 0.1) is 9.24 Å². The molecular weight excluding hydrogens is 262 g/mol. The van der Waals surface area contributed by atoms with Crippen molar-refractivity contribution in [3.63, 3.8) is 0 Å². The maximum Gasteiger partial charge on any atom is 0.254 e. The Kier molecular flexibility index (Phi) is 4.02. The van der Waals surface area contributed by atoms with Crippen molar-refractivity contribution in [2.24, 2.45) is 0 Å². The molecule has 0 saturated heterocycles. The number of carbonyl (C=O) groups excluding carboxylic acids is 2. The van der Waals surface area contributed by atoms with E-state index in [2.05, 4.69) is 0 Å². The van der Waals surface area contributed by atoms with Crippen LogP contribution >= 0.6 is 0 Å². The number of benzene rings is 2. The monoisotopic (exact) mass is 283 g/mol. The molecule has 0 aliphatic heterocycles. The van der Waals surface area contributed by atoms with Gasteiger partial charge in [-0.25, -0.2) is 0 Å². The van der Waals surface area contributed by atoms with Crippen molar-refractivity contribution in [3.8, 4) is 0 Å². The van der Waals surface area contributed by atoms with Crippen LogP contribution in [0.25, 0.3) is 0 Å². The molecule has 0 unspecified atom stereocenters. The fourth-order valence-corrected chi connectivity index (χ4v) is 1.90. The molecule has 2 rings (SSSR count). The summed E-state index contributed by atoms with van der Waals surface area (Å²) < 4.78 is 16.5. The van der Waals surface area contributed by atoms with Gasteiger partial charge >= 0.3 is 0 Å². The molecule has 3 heteroatoms. The topological polar surface area (TPSA) is 37.4 Å². The lowest BCUT2D eigenvalue weighted by Gasteiger charge is -2.26. The third-order valence-electron chi connectivity index (χ3n) is 3.01.